The first-order valence-electron chi connectivity index (χ1n) is 5.27. The fraction of sp³-hybridized carbons (Fsp3) is 0.417. The summed E-state index contributed by atoms with van der Waals surface area (Å²) in [5, 5.41) is 3.81. The molecule has 0 spiro atoms. The summed E-state index contributed by atoms with van der Waals surface area (Å²) in [5.41, 5.74) is 5.85. The van der Waals surface area contributed by atoms with Crippen molar-refractivity contribution in [2.45, 2.75) is 32.4 Å². The fourth-order valence-corrected chi connectivity index (χ4v) is 1.68. The van der Waals surface area contributed by atoms with Gasteiger partial charge in [0.2, 0.25) is 5.91 Å². The van der Waals surface area contributed by atoms with Gasteiger partial charge in [-0.2, -0.15) is 0 Å². The molecule has 0 heterocycles. The molecule has 3 nitrogen and oxygen atoms in total. The lowest BCUT2D eigenvalue weighted by Gasteiger charge is -2.28. The molecule has 1 aromatic rings. The van der Waals surface area contributed by atoms with Crippen LogP contribution in [0.25, 0.3) is 0 Å². The van der Waals surface area contributed by atoms with Crippen molar-refractivity contribution in [1.29, 1.82) is 0 Å². The summed E-state index contributed by atoms with van der Waals surface area (Å²) in [4.78, 5) is 11.6. The van der Waals surface area contributed by atoms with Gasteiger partial charge in [0.15, 0.2) is 0 Å². The molecule has 0 aliphatic heterocycles. The molecule has 0 aliphatic carbocycles. The minimum atomic E-state index is -0.544. The first kappa shape index (κ1) is 17.5. The third kappa shape index (κ3) is 4.32. The van der Waals surface area contributed by atoms with Crippen LogP contribution in [0.1, 0.15) is 26.3 Å². The van der Waals surface area contributed by atoms with E-state index in [1.165, 1.54) is 0 Å². The van der Waals surface area contributed by atoms with E-state index in [0.29, 0.717) is 10.0 Å². The van der Waals surface area contributed by atoms with Crippen LogP contribution in [0.4, 0.5) is 0 Å². The van der Waals surface area contributed by atoms with E-state index in [0.717, 1.165) is 5.56 Å². The fourth-order valence-electron chi connectivity index (χ4n) is 1.38. The lowest BCUT2D eigenvalue weighted by Crippen LogP contribution is -2.47. The van der Waals surface area contributed by atoms with Gasteiger partial charge in [-0.3, -0.25) is 4.79 Å². The van der Waals surface area contributed by atoms with Gasteiger partial charge in [-0.1, -0.05) is 29.3 Å². The highest BCUT2D eigenvalue weighted by Crippen LogP contribution is 2.28. The van der Waals surface area contributed by atoms with Crippen LogP contribution in [-0.2, 0) is 10.3 Å². The summed E-state index contributed by atoms with van der Waals surface area (Å²) in [5.74, 6) is -0.207. The van der Waals surface area contributed by atoms with E-state index in [-0.39, 0.29) is 18.3 Å². The minimum absolute atomic E-state index is 0. The molecule has 3 N–H and O–H groups in total. The van der Waals surface area contributed by atoms with Crippen molar-refractivity contribution in [2.75, 3.05) is 0 Å². The van der Waals surface area contributed by atoms with Crippen molar-refractivity contribution in [3.8, 4) is 0 Å². The number of amides is 1. The maximum atomic E-state index is 11.6. The Labute approximate surface area is 123 Å². The molecule has 6 heteroatoms. The molecular weight excluding hydrogens is 295 g/mol. The number of rotatable bonds is 3. The van der Waals surface area contributed by atoms with Crippen molar-refractivity contribution in [3.63, 3.8) is 0 Å². The van der Waals surface area contributed by atoms with Crippen LogP contribution in [0, 0.1) is 0 Å². The number of nitrogens with two attached hydrogens (primary N) is 1. The average molecular weight is 312 g/mol. The number of nitrogens with one attached hydrogen (secondary N) is 1. The summed E-state index contributed by atoms with van der Waals surface area (Å²) >= 11 is 11.8. The number of benzene rings is 1. The monoisotopic (exact) mass is 310 g/mol. The van der Waals surface area contributed by atoms with Gasteiger partial charge in [0.05, 0.1) is 21.6 Å². The molecular formula is C12H17Cl3N2O. The predicted octanol–water partition coefficient (Wildman–Crippen LogP) is 3.11. The van der Waals surface area contributed by atoms with Gasteiger partial charge in [-0.25, -0.2) is 0 Å². The largest absolute Gasteiger partial charge is 0.346 e. The third-order valence-corrected chi connectivity index (χ3v) is 3.23. The van der Waals surface area contributed by atoms with Crippen molar-refractivity contribution in [3.05, 3.63) is 33.8 Å². The molecule has 0 unspecified atom stereocenters. The quantitative estimate of drug-likeness (QED) is 0.901. The van der Waals surface area contributed by atoms with Gasteiger partial charge < -0.3 is 11.1 Å². The van der Waals surface area contributed by atoms with E-state index < -0.39 is 11.6 Å². The number of hydrogen-bond donors (Lipinski definition) is 2. The van der Waals surface area contributed by atoms with E-state index >= 15 is 0 Å². The zero-order valence-electron chi connectivity index (χ0n) is 10.5. The molecule has 102 valence electrons. The lowest BCUT2D eigenvalue weighted by molar-refractivity contribution is -0.123. The van der Waals surface area contributed by atoms with Crippen LogP contribution in [0.5, 0.6) is 0 Å². The Hall–Kier alpha value is -0.480. The SMILES string of the molecule is C[C@H](N)C(=O)NC(C)(C)c1ccc(Cl)c(Cl)c1.Cl. The molecule has 1 atom stereocenters. The Morgan fingerprint density at radius 2 is 1.89 bits per heavy atom. The topological polar surface area (TPSA) is 55.1 Å². The summed E-state index contributed by atoms with van der Waals surface area (Å²) in [6.07, 6.45) is 0. The summed E-state index contributed by atoms with van der Waals surface area (Å²) in [7, 11) is 0. The van der Waals surface area contributed by atoms with Crippen molar-refractivity contribution < 1.29 is 4.79 Å². The molecule has 1 amide bonds. The van der Waals surface area contributed by atoms with Gasteiger partial charge in [0.25, 0.3) is 0 Å². The summed E-state index contributed by atoms with van der Waals surface area (Å²) in [6.45, 7) is 5.40. The van der Waals surface area contributed by atoms with Crippen LogP contribution in [0.2, 0.25) is 10.0 Å². The maximum absolute atomic E-state index is 11.6. The average Bonchev–Trinajstić information content (AvgIpc) is 2.21. The molecule has 0 bridgehead atoms. The van der Waals surface area contributed by atoms with Crippen molar-refractivity contribution in [1.82, 2.24) is 5.32 Å². The maximum Gasteiger partial charge on any atom is 0.237 e. The van der Waals surface area contributed by atoms with Gasteiger partial charge in [-0.05, 0) is 38.5 Å². The van der Waals surface area contributed by atoms with E-state index in [1.54, 1.807) is 19.1 Å². The highest BCUT2D eigenvalue weighted by atomic mass is 35.5. The highest BCUT2D eigenvalue weighted by molar-refractivity contribution is 6.42. The molecule has 0 saturated heterocycles. The Bertz CT molecular complexity index is 433. The Morgan fingerprint density at radius 1 is 1.33 bits per heavy atom. The number of carbonyl (C=O) groups excluding carboxylic acids is 1. The van der Waals surface area contributed by atoms with Crippen molar-refractivity contribution >= 4 is 41.5 Å². The van der Waals surface area contributed by atoms with Crippen LogP contribution >= 0.6 is 35.6 Å². The second kappa shape index (κ2) is 6.62. The van der Waals surface area contributed by atoms with Crippen molar-refractivity contribution in [2.24, 2.45) is 5.73 Å². The molecule has 1 rings (SSSR count). The Kier molecular flexibility index (Phi) is 6.44. The Morgan fingerprint density at radius 3 is 2.33 bits per heavy atom. The van der Waals surface area contributed by atoms with E-state index in [4.69, 9.17) is 28.9 Å². The van der Waals surface area contributed by atoms with Gasteiger partial charge in [0, 0.05) is 0 Å². The third-order valence-electron chi connectivity index (χ3n) is 2.49. The van der Waals surface area contributed by atoms with Gasteiger partial charge >= 0.3 is 0 Å². The van der Waals surface area contributed by atoms with E-state index in [1.807, 2.05) is 19.9 Å². The van der Waals surface area contributed by atoms with Gasteiger partial charge in [-0.15, -0.1) is 12.4 Å². The molecule has 18 heavy (non-hydrogen) atoms. The van der Waals surface area contributed by atoms with E-state index in [9.17, 15) is 4.79 Å². The molecule has 0 radical (unpaired) electrons. The molecule has 0 aliphatic rings. The van der Waals surface area contributed by atoms with Gasteiger partial charge in [0.1, 0.15) is 0 Å². The van der Waals surface area contributed by atoms with Crippen LogP contribution in [0.15, 0.2) is 18.2 Å². The van der Waals surface area contributed by atoms with Crippen LogP contribution in [0.3, 0.4) is 0 Å². The van der Waals surface area contributed by atoms with Crippen LogP contribution in [-0.4, -0.2) is 11.9 Å². The zero-order valence-corrected chi connectivity index (χ0v) is 12.8. The van der Waals surface area contributed by atoms with Crippen LogP contribution < -0.4 is 11.1 Å². The Balaban J connectivity index is 0.00000289. The smallest absolute Gasteiger partial charge is 0.237 e. The lowest BCUT2D eigenvalue weighted by atomic mass is 9.94. The first-order chi connectivity index (χ1) is 7.74. The highest BCUT2D eigenvalue weighted by Gasteiger charge is 2.24. The van der Waals surface area contributed by atoms with E-state index in [2.05, 4.69) is 5.32 Å². The number of halogens is 3. The minimum Gasteiger partial charge on any atom is -0.346 e. The molecule has 0 saturated carbocycles. The number of hydrogen-bond acceptors (Lipinski definition) is 2. The normalized spacial score (nSPS) is 12.6. The molecule has 0 fully saturated rings. The second-order valence-electron chi connectivity index (χ2n) is 4.53. The summed E-state index contributed by atoms with van der Waals surface area (Å²) in [6, 6.07) is 4.73. The first-order valence-corrected chi connectivity index (χ1v) is 6.03. The summed E-state index contributed by atoms with van der Waals surface area (Å²) < 4.78 is 0. The predicted molar refractivity (Wildman–Crippen MR) is 78.5 cm³/mol. The molecule has 1 aromatic carbocycles. The number of carbonyl (C=O) groups is 1. The molecule has 0 aromatic heterocycles. The second-order valence-corrected chi connectivity index (χ2v) is 5.35. The zero-order chi connectivity index (χ0) is 13.2. The standard InChI is InChI=1S/C12H16Cl2N2O.ClH/c1-7(15)11(17)16-12(2,3)8-4-5-9(13)10(14)6-8;/h4-7H,15H2,1-3H3,(H,16,17);1H/t7-;/m0./s1.